The summed E-state index contributed by atoms with van der Waals surface area (Å²) in [5.41, 5.74) is 1.92. The van der Waals surface area contributed by atoms with Crippen LogP contribution in [-0.4, -0.2) is 33.3 Å². The van der Waals surface area contributed by atoms with Crippen molar-refractivity contribution in [3.8, 4) is 5.75 Å². The molecular formula is C14H20N2O. The fraction of sp³-hybridized carbons (Fsp3) is 0.571. The van der Waals surface area contributed by atoms with Gasteiger partial charge in [-0.15, -0.1) is 0 Å². The topological polar surface area (TPSA) is 24.5 Å². The predicted octanol–water partition coefficient (Wildman–Crippen LogP) is 1.88. The van der Waals surface area contributed by atoms with E-state index in [1.54, 1.807) is 7.11 Å². The van der Waals surface area contributed by atoms with Crippen LogP contribution in [0.1, 0.15) is 12.8 Å². The number of piperidine rings is 1. The molecule has 1 aromatic carbocycles. The summed E-state index contributed by atoms with van der Waals surface area (Å²) in [5.74, 6) is 0.952. The monoisotopic (exact) mass is 232 g/mol. The molecule has 92 valence electrons. The Kier molecular flexibility index (Phi) is 2.71. The first-order chi connectivity index (χ1) is 8.31. The number of anilines is 1. The normalized spacial score (nSPS) is 22.3. The molecule has 3 rings (SSSR count). The summed E-state index contributed by atoms with van der Waals surface area (Å²) in [6.07, 6.45) is 2.63. The highest BCUT2D eigenvalue weighted by Crippen LogP contribution is 2.36. The van der Waals surface area contributed by atoms with Crippen molar-refractivity contribution in [3.05, 3.63) is 24.3 Å². The molecule has 2 aliphatic rings. The van der Waals surface area contributed by atoms with Crippen molar-refractivity contribution in [2.24, 2.45) is 5.41 Å². The molecule has 0 radical (unpaired) electrons. The van der Waals surface area contributed by atoms with Gasteiger partial charge in [0, 0.05) is 37.9 Å². The van der Waals surface area contributed by atoms with E-state index in [2.05, 4.69) is 28.4 Å². The van der Waals surface area contributed by atoms with Crippen molar-refractivity contribution < 1.29 is 4.74 Å². The number of nitrogens with zero attached hydrogens (tertiary/aromatic N) is 1. The highest BCUT2D eigenvalue weighted by atomic mass is 16.5. The molecule has 3 heteroatoms. The van der Waals surface area contributed by atoms with Crippen LogP contribution in [0.15, 0.2) is 24.3 Å². The smallest absolute Gasteiger partial charge is 0.120 e. The Morgan fingerprint density at radius 3 is 2.59 bits per heavy atom. The van der Waals surface area contributed by atoms with E-state index in [9.17, 15) is 0 Å². The number of hydrogen-bond acceptors (Lipinski definition) is 3. The van der Waals surface area contributed by atoms with Gasteiger partial charge in [-0.05, 0) is 30.4 Å². The van der Waals surface area contributed by atoms with Gasteiger partial charge in [-0.3, -0.25) is 0 Å². The summed E-state index contributed by atoms with van der Waals surface area (Å²) in [6.45, 7) is 4.79. The maximum atomic E-state index is 5.28. The first-order valence-corrected chi connectivity index (χ1v) is 6.41. The minimum atomic E-state index is 0.620. The lowest BCUT2D eigenvalue weighted by atomic mass is 9.73. The standard InChI is InChI=1S/C14H20N2O/c1-17-13-4-2-3-12(9-13)16-7-5-14(6-8-16)10-15-11-14/h2-4,9,15H,5-8,10-11H2,1H3. The van der Waals surface area contributed by atoms with Gasteiger partial charge in [0.2, 0.25) is 0 Å². The van der Waals surface area contributed by atoms with E-state index in [0.29, 0.717) is 5.41 Å². The Hall–Kier alpha value is -1.22. The third-order valence-corrected chi connectivity index (χ3v) is 4.24. The molecule has 2 heterocycles. The summed E-state index contributed by atoms with van der Waals surface area (Å²) in [5, 5.41) is 3.41. The lowest BCUT2D eigenvalue weighted by molar-refractivity contribution is 0.126. The zero-order chi connectivity index (χ0) is 11.7. The van der Waals surface area contributed by atoms with Crippen molar-refractivity contribution in [2.75, 3.05) is 38.2 Å². The Morgan fingerprint density at radius 1 is 1.24 bits per heavy atom. The Labute approximate surface area is 103 Å². The van der Waals surface area contributed by atoms with Gasteiger partial charge in [-0.25, -0.2) is 0 Å². The molecule has 2 aliphatic heterocycles. The molecular weight excluding hydrogens is 212 g/mol. The van der Waals surface area contributed by atoms with Crippen LogP contribution in [0, 0.1) is 5.41 Å². The maximum absolute atomic E-state index is 5.28. The van der Waals surface area contributed by atoms with Crippen LogP contribution in [0.25, 0.3) is 0 Å². The lowest BCUT2D eigenvalue weighted by Gasteiger charge is -2.49. The molecule has 0 bridgehead atoms. The molecule has 0 atom stereocenters. The van der Waals surface area contributed by atoms with Crippen molar-refractivity contribution in [2.45, 2.75) is 12.8 Å². The first-order valence-electron chi connectivity index (χ1n) is 6.41. The maximum Gasteiger partial charge on any atom is 0.120 e. The number of methoxy groups -OCH3 is 1. The van der Waals surface area contributed by atoms with Gasteiger partial charge in [0.25, 0.3) is 0 Å². The fourth-order valence-electron chi connectivity index (χ4n) is 2.88. The van der Waals surface area contributed by atoms with Crippen LogP contribution >= 0.6 is 0 Å². The van der Waals surface area contributed by atoms with Gasteiger partial charge in [-0.1, -0.05) is 6.07 Å². The van der Waals surface area contributed by atoms with Crippen LogP contribution in [0.5, 0.6) is 5.75 Å². The Bertz CT molecular complexity index is 391. The molecule has 3 nitrogen and oxygen atoms in total. The van der Waals surface area contributed by atoms with Crippen molar-refractivity contribution in [1.29, 1.82) is 0 Å². The summed E-state index contributed by atoms with van der Waals surface area (Å²) in [7, 11) is 1.73. The Balaban J connectivity index is 1.69. The zero-order valence-corrected chi connectivity index (χ0v) is 10.4. The zero-order valence-electron chi connectivity index (χ0n) is 10.4. The van der Waals surface area contributed by atoms with E-state index >= 15 is 0 Å². The molecule has 2 fully saturated rings. The van der Waals surface area contributed by atoms with Crippen LogP contribution in [0.2, 0.25) is 0 Å². The van der Waals surface area contributed by atoms with Gasteiger partial charge in [0.1, 0.15) is 5.75 Å². The van der Waals surface area contributed by atoms with Crippen molar-refractivity contribution in [3.63, 3.8) is 0 Å². The predicted molar refractivity (Wildman–Crippen MR) is 69.7 cm³/mol. The molecule has 0 aliphatic carbocycles. The minimum absolute atomic E-state index is 0.620. The molecule has 0 unspecified atom stereocenters. The number of benzene rings is 1. The second-order valence-electron chi connectivity index (χ2n) is 5.29. The van der Waals surface area contributed by atoms with Crippen LogP contribution in [0.4, 0.5) is 5.69 Å². The molecule has 0 saturated carbocycles. The molecule has 0 aromatic heterocycles. The van der Waals surface area contributed by atoms with E-state index in [-0.39, 0.29) is 0 Å². The number of ether oxygens (including phenoxy) is 1. The van der Waals surface area contributed by atoms with E-state index in [1.165, 1.54) is 44.7 Å². The quantitative estimate of drug-likeness (QED) is 0.842. The molecule has 17 heavy (non-hydrogen) atoms. The second-order valence-corrected chi connectivity index (χ2v) is 5.29. The van der Waals surface area contributed by atoms with Gasteiger partial charge in [0.15, 0.2) is 0 Å². The van der Waals surface area contributed by atoms with E-state index in [0.717, 1.165) is 5.75 Å². The van der Waals surface area contributed by atoms with Gasteiger partial charge >= 0.3 is 0 Å². The fourth-order valence-corrected chi connectivity index (χ4v) is 2.88. The average Bonchev–Trinajstić information content (AvgIpc) is 2.37. The van der Waals surface area contributed by atoms with Crippen LogP contribution in [0.3, 0.4) is 0 Å². The molecule has 1 aromatic rings. The lowest BCUT2D eigenvalue weighted by Crippen LogP contribution is -2.58. The first kappa shape index (κ1) is 10.9. The van der Waals surface area contributed by atoms with Gasteiger partial charge in [0.05, 0.1) is 7.11 Å². The number of rotatable bonds is 2. The minimum Gasteiger partial charge on any atom is -0.497 e. The highest BCUT2D eigenvalue weighted by Gasteiger charge is 2.39. The van der Waals surface area contributed by atoms with E-state index < -0.39 is 0 Å². The Morgan fingerprint density at radius 2 is 2.00 bits per heavy atom. The summed E-state index contributed by atoms with van der Waals surface area (Å²) in [6, 6.07) is 8.39. The molecule has 2 saturated heterocycles. The van der Waals surface area contributed by atoms with Gasteiger partial charge in [-0.2, -0.15) is 0 Å². The summed E-state index contributed by atoms with van der Waals surface area (Å²) in [4.78, 5) is 2.48. The average molecular weight is 232 g/mol. The molecule has 0 amide bonds. The number of hydrogen-bond donors (Lipinski definition) is 1. The van der Waals surface area contributed by atoms with Crippen LogP contribution in [-0.2, 0) is 0 Å². The second kappa shape index (κ2) is 4.22. The van der Waals surface area contributed by atoms with E-state index in [4.69, 9.17) is 4.74 Å². The van der Waals surface area contributed by atoms with Gasteiger partial charge < -0.3 is 15.0 Å². The van der Waals surface area contributed by atoms with Crippen LogP contribution < -0.4 is 15.0 Å². The van der Waals surface area contributed by atoms with Crippen molar-refractivity contribution in [1.82, 2.24) is 5.32 Å². The summed E-state index contributed by atoms with van der Waals surface area (Å²) >= 11 is 0. The van der Waals surface area contributed by atoms with Crippen molar-refractivity contribution >= 4 is 5.69 Å². The number of nitrogens with one attached hydrogen (secondary N) is 1. The third-order valence-electron chi connectivity index (χ3n) is 4.24. The molecule has 1 N–H and O–H groups in total. The van der Waals surface area contributed by atoms with E-state index in [1.807, 2.05) is 6.07 Å². The molecule has 1 spiro atoms. The summed E-state index contributed by atoms with van der Waals surface area (Å²) < 4.78 is 5.28. The SMILES string of the molecule is COc1cccc(N2CCC3(CC2)CNC3)c1. The highest BCUT2D eigenvalue weighted by molar-refractivity contribution is 5.51. The third kappa shape index (κ3) is 2.00. The largest absolute Gasteiger partial charge is 0.497 e.